The molecule has 40 heavy (non-hydrogen) atoms. The number of amides is 1. The number of carbonyl (C=O) groups excluding carboxylic acids is 1. The Morgan fingerprint density at radius 1 is 1.12 bits per heavy atom. The Kier molecular flexibility index (Phi) is 8.34. The lowest BCUT2D eigenvalue weighted by molar-refractivity contribution is -0.115. The van der Waals surface area contributed by atoms with E-state index in [9.17, 15) is 13.6 Å². The van der Waals surface area contributed by atoms with Gasteiger partial charge in [-0.2, -0.15) is 5.10 Å². The molecule has 1 aliphatic heterocycles. The number of hydrogen-bond acceptors (Lipinski definition) is 8. The number of carbonyl (C=O) groups is 1. The van der Waals surface area contributed by atoms with Crippen LogP contribution in [0.3, 0.4) is 0 Å². The van der Waals surface area contributed by atoms with Crippen LogP contribution in [0.15, 0.2) is 42.7 Å². The number of aromatic amines is 1. The van der Waals surface area contributed by atoms with E-state index in [4.69, 9.17) is 9.47 Å². The van der Waals surface area contributed by atoms with E-state index in [1.54, 1.807) is 13.2 Å². The van der Waals surface area contributed by atoms with Crippen LogP contribution in [-0.2, 0) is 11.2 Å². The van der Waals surface area contributed by atoms with Gasteiger partial charge in [-0.05, 0) is 50.9 Å². The molecule has 2 aromatic heterocycles. The number of rotatable bonds is 11. The molecule has 0 spiro atoms. The summed E-state index contributed by atoms with van der Waals surface area (Å²) in [7, 11) is 1.58. The molecule has 3 N–H and O–H groups in total. The quantitative estimate of drug-likeness (QED) is 0.227. The normalized spacial score (nSPS) is 15.3. The number of fused-ring (bicyclic) bond motifs is 1. The van der Waals surface area contributed by atoms with E-state index in [1.807, 2.05) is 12.1 Å². The summed E-state index contributed by atoms with van der Waals surface area (Å²) in [4.78, 5) is 23.6. The van der Waals surface area contributed by atoms with E-state index in [2.05, 4.69) is 42.6 Å². The number of H-pyrrole nitrogens is 1. The van der Waals surface area contributed by atoms with Crippen molar-refractivity contribution in [2.75, 3.05) is 37.4 Å². The third kappa shape index (κ3) is 6.63. The molecular formula is C28H31F2N7O3. The van der Waals surface area contributed by atoms with Crippen LogP contribution in [0.25, 0.3) is 10.9 Å². The minimum absolute atomic E-state index is 0.0336. The smallest absolute Gasteiger partial charge is 0.230 e. The summed E-state index contributed by atoms with van der Waals surface area (Å²) in [5, 5.41) is 13.3. The monoisotopic (exact) mass is 551 g/mol. The van der Waals surface area contributed by atoms with Crippen molar-refractivity contribution in [3.8, 4) is 11.5 Å². The molecule has 4 aromatic rings. The van der Waals surface area contributed by atoms with Gasteiger partial charge in [-0.1, -0.05) is 0 Å². The lowest BCUT2D eigenvalue weighted by Gasteiger charge is -2.21. The average molecular weight is 552 g/mol. The number of nitrogens with zero attached hydrogens (tertiary/aromatic N) is 4. The van der Waals surface area contributed by atoms with Crippen molar-refractivity contribution in [3.63, 3.8) is 0 Å². The van der Waals surface area contributed by atoms with Gasteiger partial charge in [0.25, 0.3) is 0 Å². The fourth-order valence-corrected chi connectivity index (χ4v) is 4.85. The predicted molar refractivity (Wildman–Crippen MR) is 147 cm³/mol. The van der Waals surface area contributed by atoms with E-state index < -0.39 is 17.5 Å². The number of methoxy groups -OCH3 is 1. The highest BCUT2D eigenvalue weighted by Gasteiger charge is 2.19. The summed E-state index contributed by atoms with van der Waals surface area (Å²) in [6.45, 7) is 4.99. The average Bonchev–Trinajstić information content (AvgIpc) is 3.53. The van der Waals surface area contributed by atoms with Gasteiger partial charge in [-0.3, -0.25) is 9.89 Å². The molecule has 0 aliphatic carbocycles. The molecule has 0 bridgehead atoms. The second-order valence-corrected chi connectivity index (χ2v) is 9.76. The topological polar surface area (TPSA) is 117 Å². The van der Waals surface area contributed by atoms with Crippen LogP contribution in [0.4, 0.5) is 26.1 Å². The van der Waals surface area contributed by atoms with Crippen LogP contribution in [0.1, 0.15) is 31.9 Å². The Morgan fingerprint density at radius 3 is 2.70 bits per heavy atom. The first-order valence-corrected chi connectivity index (χ1v) is 13.1. The van der Waals surface area contributed by atoms with Gasteiger partial charge in [0.15, 0.2) is 17.3 Å². The van der Waals surface area contributed by atoms with E-state index in [1.165, 1.54) is 19.2 Å². The van der Waals surface area contributed by atoms with Gasteiger partial charge in [0.1, 0.15) is 23.8 Å². The van der Waals surface area contributed by atoms with E-state index in [0.29, 0.717) is 52.4 Å². The zero-order valence-corrected chi connectivity index (χ0v) is 22.3. The number of anilines is 3. The lowest BCUT2D eigenvalue weighted by Crippen LogP contribution is -2.28. The van der Waals surface area contributed by atoms with Crippen LogP contribution in [0.5, 0.6) is 11.5 Å². The molecule has 1 saturated heterocycles. The minimum atomic E-state index is -0.775. The second-order valence-electron chi connectivity index (χ2n) is 9.76. The first kappa shape index (κ1) is 27.3. The van der Waals surface area contributed by atoms with Gasteiger partial charge in [-0.25, -0.2) is 18.7 Å². The van der Waals surface area contributed by atoms with Crippen molar-refractivity contribution in [2.24, 2.45) is 0 Å². The first-order chi connectivity index (χ1) is 19.4. The number of likely N-dealkylation sites (tertiary alicyclic amines) is 1. The van der Waals surface area contributed by atoms with Gasteiger partial charge in [0.2, 0.25) is 5.91 Å². The molecule has 0 saturated carbocycles. The molecule has 1 aliphatic rings. The molecule has 1 amide bonds. The van der Waals surface area contributed by atoms with Crippen LogP contribution in [0.2, 0.25) is 0 Å². The second kappa shape index (κ2) is 12.2. The number of benzene rings is 2. The zero-order chi connectivity index (χ0) is 28.1. The Balaban J connectivity index is 1.23. The van der Waals surface area contributed by atoms with Crippen molar-refractivity contribution >= 4 is 34.1 Å². The van der Waals surface area contributed by atoms with E-state index in [-0.39, 0.29) is 12.1 Å². The summed E-state index contributed by atoms with van der Waals surface area (Å²) >= 11 is 0. The molecule has 0 unspecified atom stereocenters. The van der Waals surface area contributed by atoms with Gasteiger partial charge >= 0.3 is 0 Å². The Morgan fingerprint density at radius 2 is 1.95 bits per heavy atom. The zero-order valence-electron chi connectivity index (χ0n) is 22.3. The summed E-state index contributed by atoms with van der Waals surface area (Å²) < 4.78 is 38.4. The lowest BCUT2D eigenvalue weighted by atomic mass is 10.2. The number of nitrogens with one attached hydrogen (secondary N) is 3. The molecule has 210 valence electrons. The number of halogens is 2. The molecule has 0 radical (unpaired) electrons. The molecule has 5 rings (SSSR count). The third-order valence-electron chi connectivity index (χ3n) is 6.83. The van der Waals surface area contributed by atoms with Crippen molar-refractivity contribution < 1.29 is 23.0 Å². The molecule has 10 nitrogen and oxygen atoms in total. The Labute approximate surface area is 230 Å². The van der Waals surface area contributed by atoms with Crippen molar-refractivity contribution in [3.05, 3.63) is 60.1 Å². The largest absolute Gasteiger partial charge is 0.493 e. The van der Waals surface area contributed by atoms with Gasteiger partial charge in [-0.15, -0.1) is 0 Å². The summed E-state index contributed by atoms with van der Waals surface area (Å²) in [5.41, 5.74) is 1.19. The highest BCUT2D eigenvalue weighted by molar-refractivity contribution is 5.93. The first-order valence-electron chi connectivity index (χ1n) is 13.1. The third-order valence-corrected chi connectivity index (χ3v) is 6.83. The van der Waals surface area contributed by atoms with Crippen molar-refractivity contribution in [1.82, 2.24) is 25.1 Å². The summed E-state index contributed by atoms with van der Waals surface area (Å²) in [5.74, 6) is 0.0878. The van der Waals surface area contributed by atoms with E-state index in [0.717, 1.165) is 37.7 Å². The van der Waals surface area contributed by atoms with Crippen molar-refractivity contribution in [1.29, 1.82) is 0 Å². The predicted octanol–water partition coefficient (Wildman–Crippen LogP) is 4.82. The van der Waals surface area contributed by atoms with E-state index >= 15 is 0 Å². The maximum Gasteiger partial charge on any atom is 0.230 e. The van der Waals surface area contributed by atoms with Gasteiger partial charge < -0.3 is 25.0 Å². The standard InChI is InChI=1S/C28H31F2N7O3/c1-17-5-3-6-37(17)7-4-8-40-25-15-23-22(14-24(25)39-2)28(32-16-31-23)34-26-12-21(35-36-26)13-27(38)33-20-10-18(29)9-19(30)11-20/h9-12,14-17H,3-8,13H2,1-2H3,(H,33,38)(H2,31,32,34,35,36)/t17-/m0/s1. The Bertz CT molecular complexity index is 1480. The fourth-order valence-electron chi connectivity index (χ4n) is 4.85. The van der Waals surface area contributed by atoms with Crippen LogP contribution in [0, 0.1) is 11.6 Å². The van der Waals surface area contributed by atoms with Gasteiger partial charge in [0, 0.05) is 47.6 Å². The molecular weight excluding hydrogens is 520 g/mol. The number of aromatic nitrogens is 4. The molecule has 2 aromatic carbocycles. The van der Waals surface area contributed by atoms with Crippen molar-refractivity contribution in [2.45, 2.75) is 38.6 Å². The summed E-state index contributed by atoms with van der Waals surface area (Å²) in [6.07, 6.45) is 4.78. The molecule has 1 fully saturated rings. The summed E-state index contributed by atoms with van der Waals surface area (Å²) in [6, 6.07) is 8.74. The molecule has 1 atom stereocenters. The van der Waals surface area contributed by atoms with Gasteiger partial charge in [0.05, 0.1) is 25.7 Å². The SMILES string of the molecule is COc1cc2c(Nc3cc(CC(=O)Nc4cc(F)cc(F)c4)[nH]n3)ncnc2cc1OCCCN1CCC[C@@H]1C. The van der Waals surface area contributed by atoms with Crippen LogP contribution < -0.4 is 20.1 Å². The maximum absolute atomic E-state index is 13.4. The molecule has 12 heteroatoms. The fraction of sp³-hybridized carbons (Fsp3) is 0.357. The highest BCUT2D eigenvalue weighted by Crippen LogP contribution is 2.34. The maximum atomic E-state index is 13.4. The highest BCUT2D eigenvalue weighted by atomic mass is 19.1. The minimum Gasteiger partial charge on any atom is -0.493 e. The number of hydrogen-bond donors (Lipinski definition) is 3. The Hall–Kier alpha value is -4.32. The van der Waals surface area contributed by atoms with Crippen LogP contribution >= 0.6 is 0 Å². The molecule has 3 heterocycles. The van der Waals surface area contributed by atoms with Crippen LogP contribution in [-0.4, -0.2) is 63.8 Å². The number of ether oxygens (including phenoxy) is 2.